The number of methoxy groups -OCH3 is 2. The van der Waals surface area contributed by atoms with Crippen LogP contribution in [0.4, 0.5) is 4.79 Å². The van der Waals surface area contributed by atoms with E-state index in [0.717, 1.165) is 94.5 Å². The number of imidazole rings is 2. The zero-order chi connectivity index (χ0) is 41.3. The molecule has 1 aliphatic rings. The molecule has 6 rings (SSSR count). The predicted octanol–water partition coefficient (Wildman–Crippen LogP) is 6.68. The zero-order valence-corrected chi connectivity index (χ0v) is 34.2. The summed E-state index contributed by atoms with van der Waals surface area (Å²) in [5.41, 5.74) is 6.11. The summed E-state index contributed by atoms with van der Waals surface area (Å²) >= 11 is 0. The Morgan fingerprint density at radius 3 is 2.28 bits per heavy atom. The van der Waals surface area contributed by atoms with Gasteiger partial charge in [-0.3, -0.25) is 14.4 Å². The minimum Gasteiger partial charge on any atom is -0.471 e. The molecule has 1 aliphatic heterocycles. The first-order chi connectivity index (χ1) is 27.6. The van der Waals surface area contributed by atoms with Gasteiger partial charge in [0.25, 0.3) is 6.47 Å². The number of nitrogens with one attached hydrogen (secondary N) is 5. The Balaban J connectivity index is 0.000000954. The van der Waals surface area contributed by atoms with Crippen LogP contribution in [-0.4, -0.2) is 96.2 Å². The molecule has 57 heavy (non-hydrogen) atoms. The van der Waals surface area contributed by atoms with E-state index in [1.807, 2.05) is 18.1 Å². The van der Waals surface area contributed by atoms with Crippen LogP contribution in [0.3, 0.4) is 0 Å². The number of fused-ring (bicyclic) bond motifs is 2. The zero-order valence-electron chi connectivity index (χ0n) is 34.2. The second-order valence-electron chi connectivity index (χ2n) is 14.3. The summed E-state index contributed by atoms with van der Waals surface area (Å²) in [4.78, 5) is 63.6. The van der Waals surface area contributed by atoms with Crippen LogP contribution in [0.5, 0.6) is 0 Å². The molecule has 1 fully saturated rings. The number of ether oxygens (including phenoxy) is 2. The van der Waals surface area contributed by atoms with Crippen molar-refractivity contribution in [3.8, 4) is 22.4 Å². The topological polar surface area (TPSA) is 183 Å². The number of hydrogen-bond acceptors (Lipinski definition) is 9. The van der Waals surface area contributed by atoms with E-state index in [1.54, 1.807) is 0 Å². The molecule has 3 heterocycles. The number of aromatic nitrogens is 4. The molecule has 306 valence electrons. The van der Waals surface area contributed by atoms with Gasteiger partial charge in [-0.25, -0.2) is 14.8 Å². The highest BCUT2D eigenvalue weighted by Crippen LogP contribution is 2.34. The fourth-order valence-corrected chi connectivity index (χ4v) is 6.76. The van der Waals surface area contributed by atoms with Crippen molar-refractivity contribution in [2.75, 3.05) is 40.9 Å². The summed E-state index contributed by atoms with van der Waals surface area (Å²) in [7, 11) is 4.42. The Morgan fingerprint density at radius 1 is 0.947 bits per heavy atom. The smallest absolute Gasteiger partial charge is 0.407 e. The highest BCUT2D eigenvalue weighted by atomic mass is 16.5. The lowest BCUT2D eigenvalue weighted by Gasteiger charge is -2.29. The number of carbonyl (C=O) groups excluding carboxylic acids is 4. The molecule has 2 unspecified atom stereocenters. The lowest BCUT2D eigenvalue weighted by molar-refractivity contribution is -0.135. The quantitative estimate of drug-likeness (QED) is 0.0606. The molecule has 3 amide bonds. The van der Waals surface area contributed by atoms with Crippen LogP contribution >= 0.6 is 0 Å². The number of alkyl carbamates (subject to hydrolysis) is 1. The molecule has 0 saturated carbocycles. The summed E-state index contributed by atoms with van der Waals surface area (Å²) in [6.45, 7) is 9.94. The van der Waals surface area contributed by atoms with Crippen molar-refractivity contribution in [3.05, 3.63) is 72.4 Å². The summed E-state index contributed by atoms with van der Waals surface area (Å²) in [6.07, 6.45) is 6.78. The van der Waals surface area contributed by atoms with Crippen LogP contribution in [0, 0.1) is 5.92 Å². The monoisotopic (exact) mass is 782 g/mol. The maximum Gasteiger partial charge on any atom is 0.407 e. The molecule has 0 radical (unpaired) electrons. The van der Waals surface area contributed by atoms with E-state index in [9.17, 15) is 14.4 Å². The van der Waals surface area contributed by atoms with Crippen LogP contribution in [0.15, 0.2) is 60.8 Å². The number of H-pyrrole nitrogens is 2. The van der Waals surface area contributed by atoms with E-state index < -0.39 is 6.09 Å². The number of unbranched alkanes of at least 4 members (excludes halogenated alkanes) is 1. The second-order valence-corrected chi connectivity index (χ2v) is 14.3. The highest BCUT2D eigenvalue weighted by molar-refractivity contribution is 5.92. The van der Waals surface area contributed by atoms with Crippen molar-refractivity contribution in [3.63, 3.8) is 0 Å². The number of rotatable bonds is 14. The van der Waals surface area contributed by atoms with E-state index in [1.165, 1.54) is 20.6 Å². The van der Waals surface area contributed by atoms with Gasteiger partial charge in [0.05, 0.1) is 55.8 Å². The lowest BCUT2D eigenvalue weighted by Crippen LogP contribution is -2.47. The van der Waals surface area contributed by atoms with E-state index >= 15 is 0 Å². The number of likely N-dealkylation sites (tertiary alicyclic amines) is 1. The Hall–Kier alpha value is -5.76. The number of benzene rings is 3. The van der Waals surface area contributed by atoms with Crippen LogP contribution in [-0.2, 0) is 30.3 Å². The average molecular weight is 783 g/mol. The molecule has 0 bridgehead atoms. The predicted molar refractivity (Wildman–Crippen MR) is 223 cm³/mol. The van der Waals surface area contributed by atoms with Gasteiger partial charge >= 0.3 is 6.09 Å². The van der Waals surface area contributed by atoms with Crippen LogP contribution in [0.2, 0.25) is 0 Å². The standard InChI is InChI=1S/C38H46N8O4.C3H8.C2H4O2/c1-23(2)35(39-3)37(48)46-17-7-8-32(46)36-44-29-15-14-27(20-30(29)45-36)25-10-11-26-19-28(13-12-24(26)18-25)31-21-41-33(43-31)9-5-6-16-40-34(47)22-42-38(49)50-4;1-3-2;1-4-2-3/h10-15,18-21,23,32,35,39H,5-9,16-17,22H2,1-4H3,(H,40,47)(H,41,43)(H,42,49)(H,44,45);3H2,1-2H3;2H,1H3. The van der Waals surface area contributed by atoms with Crippen LogP contribution in [0.1, 0.15) is 77.5 Å². The lowest BCUT2D eigenvalue weighted by atomic mass is 9.99. The van der Waals surface area contributed by atoms with Gasteiger partial charge in [0.1, 0.15) is 11.6 Å². The number of aryl methyl sites for hydroxylation is 1. The summed E-state index contributed by atoms with van der Waals surface area (Å²) < 4.78 is 8.32. The fraction of sp³-hybridized carbons (Fsp3) is 0.442. The molecule has 14 heteroatoms. The molecule has 0 aliphatic carbocycles. The Morgan fingerprint density at radius 2 is 1.61 bits per heavy atom. The maximum absolute atomic E-state index is 13.4. The Bertz CT molecular complexity index is 2080. The van der Waals surface area contributed by atoms with E-state index in [-0.39, 0.29) is 36.4 Å². The molecular formula is C43H58N8O6. The molecule has 0 spiro atoms. The molecule has 2 aromatic heterocycles. The van der Waals surface area contributed by atoms with Crippen molar-refractivity contribution >= 4 is 46.2 Å². The van der Waals surface area contributed by atoms with Crippen molar-refractivity contribution < 1.29 is 28.7 Å². The SMILES string of the molecule is CCC.CNC(C(=O)N1CCCC1c1nc2ccc(-c3ccc4cc(-c5cnc(CCCCNC(=O)CNC(=O)OC)[nH]5)ccc4c3)cc2[nH]1)C(C)C.COC=O. The van der Waals surface area contributed by atoms with E-state index in [2.05, 4.69) is 123 Å². The fourth-order valence-electron chi connectivity index (χ4n) is 6.76. The third-order valence-corrected chi connectivity index (χ3v) is 9.55. The summed E-state index contributed by atoms with van der Waals surface area (Å²) in [5, 5.41) is 10.6. The summed E-state index contributed by atoms with van der Waals surface area (Å²) in [5.74, 6) is 1.85. The van der Waals surface area contributed by atoms with Crippen molar-refractivity contribution in [1.29, 1.82) is 0 Å². The van der Waals surface area contributed by atoms with Gasteiger partial charge in [0, 0.05) is 25.1 Å². The molecule has 14 nitrogen and oxygen atoms in total. The van der Waals surface area contributed by atoms with Crippen molar-refractivity contribution in [2.45, 2.75) is 78.3 Å². The van der Waals surface area contributed by atoms with Gasteiger partial charge in [-0.15, -0.1) is 0 Å². The van der Waals surface area contributed by atoms with Crippen LogP contribution < -0.4 is 16.0 Å². The molecule has 2 atom stereocenters. The first-order valence-corrected chi connectivity index (χ1v) is 19.7. The van der Waals surface area contributed by atoms with Crippen LogP contribution in [0.25, 0.3) is 44.2 Å². The van der Waals surface area contributed by atoms with Gasteiger partial charge in [0.2, 0.25) is 11.8 Å². The number of aromatic amines is 2. The highest BCUT2D eigenvalue weighted by Gasteiger charge is 2.36. The number of nitrogens with zero attached hydrogens (tertiary/aromatic N) is 3. The second kappa shape index (κ2) is 22.1. The first-order valence-electron chi connectivity index (χ1n) is 19.7. The van der Waals surface area contributed by atoms with Gasteiger partial charge in [-0.2, -0.15) is 0 Å². The molecule has 3 aromatic carbocycles. The average Bonchev–Trinajstić information content (AvgIpc) is 4.00. The van der Waals surface area contributed by atoms with Crippen molar-refractivity contribution in [2.24, 2.45) is 5.92 Å². The summed E-state index contributed by atoms with van der Waals surface area (Å²) in [6, 6.07) is 19.0. The van der Waals surface area contributed by atoms with Gasteiger partial charge in [0.15, 0.2) is 0 Å². The number of hydrogen-bond donors (Lipinski definition) is 5. The van der Waals surface area contributed by atoms with Crippen molar-refractivity contribution in [1.82, 2.24) is 40.8 Å². The largest absolute Gasteiger partial charge is 0.471 e. The third kappa shape index (κ3) is 12.1. The van der Waals surface area contributed by atoms with E-state index in [4.69, 9.17) is 9.78 Å². The third-order valence-electron chi connectivity index (χ3n) is 9.55. The number of likely N-dealkylation sites (N-methyl/N-ethyl adjacent to an activating group) is 1. The molecule has 5 aromatic rings. The van der Waals surface area contributed by atoms with E-state index in [0.29, 0.717) is 13.0 Å². The Labute approximate surface area is 334 Å². The molecule has 5 N–H and O–H groups in total. The van der Waals surface area contributed by atoms with Gasteiger partial charge in [-0.05, 0) is 84.8 Å². The number of amides is 3. The Kier molecular flexibility index (Phi) is 17.0. The first kappa shape index (κ1) is 44.0. The van der Waals surface area contributed by atoms with Gasteiger partial charge in [-0.1, -0.05) is 64.4 Å². The maximum atomic E-state index is 13.4. The minimum absolute atomic E-state index is 0.0442. The number of carbonyl (C=O) groups is 4. The minimum atomic E-state index is -0.629. The molecule has 1 saturated heterocycles. The normalized spacial score (nSPS) is 14.0. The molecular weight excluding hydrogens is 725 g/mol. The van der Waals surface area contributed by atoms with Gasteiger partial charge < -0.3 is 40.3 Å².